The third-order valence-electron chi connectivity index (χ3n) is 2.33. The number of ether oxygens (including phenoxy) is 1. The second kappa shape index (κ2) is 3.20. The molecule has 13 heavy (non-hydrogen) atoms. The molecular weight excluding hydrogens is 162 g/mol. The fraction of sp³-hybridized carbons (Fsp3) is 0.364. The van der Waals surface area contributed by atoms with Gasteiger partial charge in [-0.2, -0.15) is 5.26 Å². The average Bonchev–Trinajstić information content (AvgIpc) is 2.82. The van der Waals surface area contributed by atoms with Crippen LogP contribution in [0, 0.1) is 11.3 Å². The molecule has 1 saturated heterocycles. The monoisotopic (exact) mass is 173 g/mol. The maximum absolute atomic E-state index is 8.68. The Kier molecular flexibility index (Phi) is 2.03. The van der Waals surface area contributed by atoms with E-state index < -0.39 is 0 Å². The largest absolute Gasteiger partial charge is 0.370 e. The van der Waals surface area contributed by atoms with Gasteiger partial charge in [0.25, 0.3) is 0 Å². The molecule has 1 aliphatic rings. The van der Waals surface area contributed by atoms with Gasteiger partial charge in [-0.3, -0.25) is 0 Å². The molecule has 2 atom stereocenters. The molecule has 0 N–H and O–H groups in total. The highest BCUT2D eigenvalue weighted by Crippen LogP contribution is 2.25. The van der Waals surface area contributed by atoms with Crippen molar-refractivity contribution in [1.82, 2.24) is 0 Å². The van der Waals surface area contributed by atoms with E-state index >= 15 is 0 Å². The SMILES string of the molecule is CC1OC1Cc1cccc(C#N)c1. The van der Waals surface area contributed by atoms with Gasteiger partial charge in [-0.25, -0.2) is 0 Å². The van der Waals surface area contributed by atoms with Crippen LogP contribution in [-0.4, -0.2) is 12.2 Å². The first-order chi connectivity index (χ1) is 6.29. The maximum Gasteiger partial charge on any atom is 0.0991 e. The summed E-state index contributed by atoms with van der Waals surface area (Å²) < 4.78 is 5.31. The van der Waals surface area contributed by atoms with E-state index in [1.165, 1.54) is 5.56 Å². The van der Waals surface area contributed by atoms with Crippen molar-refractivity contribution >= 4 is 0 Å². The Labute approximate surface area is 77.8 Å². The van der Waals surface area contributed by atoms with Gasteiger partial charge < -0.3 is 4.74 Å². The van der Waals surface area contributed by atoms with Crippen LogP contribution in [0.4, 0.5) is 0 Å². The molecule has 1 aromatic carbocycles. The Morgan fingerprint density at radius 2 is 2.31 bits per heavy atom. The number of benzene rings is 1. The van der Waals surface area contributed by atoms with Crippen molar-refractivity contribution in [2.75, 3.05) is 0 Å². The molecule has 0 bridgehead atoms. The van der Waals surface area contributed by atoms with Crippen LogP contribution < -0.4 is 0 Å². The number of nitrogens with zero attached hydrogens (tertiary/aromatic N) is 1. The van der Waals surface area contributed by atoms with E-state index in [0.717, 1.165) is 12.0 Å². The van der Waals surface area contributed by atoms with E-state index in [1.807, 2.05) is 24.3 Å². The van der Waals surface area contributed by atoms with E-state index in [-0.39, 0.29) is 0 Å². The topological polar surface area (TPSA) is 36.3 Å². The van der Waals surface area contributed by atoms with Crippen LogP contribution in [0.3, 0.4) is 0 Å². The van der Waals surface area contributed by atoms with Crippen molar-refractivity contribution in [3.05, 3.63) is 35.4 Å². The summed E-state index contributed by atoms with van der Waals surface area (Å²) >= 11 is 0. The first-order valence-corrected chi connectivity index (χ1v) is 4.44. The predicted molar refractivity (Wildman–Crippen MR) is 49.2 cm³/mol. The number of hydrogen-bond donors (Lipinski definition) is 0. The molecule has 0 amide bonds. The van der Waals surface area contributed by atoms with Crippen molar-refractivity contribution in [1.29, 1.82) is 5.26 Å². The maximum atomic E-state index is 8.68. The summed E-state index contributed by atoms with van der Waals surface area (Å²) in [5.74, 6) is 0. The Bertz CT molecular complexity index is 353. The highest BCUT2D eigenvalue weighted by molar-refractivity contribution is 5.33. The summed E-state index contributed by atoms with van der Waals surface area (Å²) in [6.07, 6.45) is 1.69. The van der Waals surface area contributed by atoms with Gasteiger partial charge in [-0.1, -0.05) is 12.1 Å². The number of epoxide rings is 1. The minimum atomic E-state index is 0.369. The van der Waals surface area contributed by atoms with Gasteiger partial charge in [0.2, 0.25) is 0 Å². The number of rotatable bonds is 2. The minimum Gasteiger partial charge on any atom is -0.370 e. The van der Waals surface area contributed by atoms with Gasteiger partial charge in [0.1, 0.15) is 0 Å². The molecule has 0 radical (unpaired) electrons. The Hall–Kier alpha value is -1.33. The zero-order valence-electron chi connectivity index (χ0n) is 7.53. The lowest BCUT2D eigenvalue weighted by Gasteiger charge is -1.97. The molecule has 2 nitrogen and oxygen atoms in total. The summed E-state index contributed by atoms with van der Waals surface area (Å²) in [6, 6.07) is 9.83. The average molecular weight is 173 g/mol. The lowest BCUT2D eigenvalue weighted by Crippen LogP contribution is -1.95. The van der Waals surface area contributed by atoms with Crippen molar-refractivity contribution in [3.63, 3.8) is 0 Å². The molecule has 0 saturated carbocycles. The van der Waals surface area contributed by atoms with Crippen LogP contribution in [0.5, 0.6) is 0 Å². The highest BCUT2D eigenvalue weighted by Gasteiger charge is 2.33. The van der Waals surface area contributed by atoms with Crippen LogP contribution in [0.25, 0.3) is 0 Å². The molecule has 1 aromatic rings. The van der Waals surface area contributed by atoms with E-state index in [2.05, 4.69) is 13.0 Å². The molecule has 2 rings (SSSR count). The third-order valence-corrected chi connectivity index (χ3v) is 2.33. The summed E-state index contributed by atoms with van der Waals surface area (Å²) in [7, 11) is 0. The molecule has 0 spiro atoms. The lowest BCUT2D eigenvalue weighted by molar-refractivity contribution is 0.378. The zero-order chi connectivity index (χ0) is 9.26. The van der Waals surface area contributed by atoms with E-state index in [4.69, 9.17) is 10.00 Å². The van der Waals surface area contributed by atoms with Crippen molar-refractivity contribution in [2.45, 2.75) is 25.6 Å². The standard InChI is InChI=1S/C11H11NO/c1-8-11(13-8)6-9-3-2-4-10(5-9)7-12/h2-5,8,11H,6H2,1H3. The Morgan fingerprint density at radius 1 is 1.54 bits per heavy atom. The molecule has 1 aliphatic heterocycles. The molecule has 0 aliphatic carbocycles. The number of nitriles is 1. The molecule has 2 heteroatoms. The zero-order valence-corrected chi connectivity index (χ0v) is 7.53. The quantitative estimate of drug-likeness (QED) is 0.640. The van der Waals surface area contributed by atoms with Gasteiger partial charge in [0, 0.05) is 6.42 Å². The highest BCUT2D eigenvalue weighted by atomic mass is 16.6. The number of hydrogen-bond acceptors (Lipinski definition) is 2. The van der Waals surface area contributed by atoms with Gasteiger partial charge in [0.15, 0.2) is 0 Å². The fourth-order valence-electron chi connectivity index (χ4n) is 1.44. The van der Waals surface area contributed by atoms with Gasteiger partial charge in [-0.05, 0) is 24.6 Å². The van der Waals surface area contributed by atoms with E-state index in [1.54, 1.807) is 0 Å². The van der Waals surface area contributed by atoms with Crippen LogP contribution in [-0.2, 0) is 11.2 Å². The molecule has 66 valence electrons. The summed E-state index contributed by atoms with van der Waals surface area (Å²) in [5.41, 5.74) is 1.92. The van der Waals surface area contributed by atoms with E-state index in [0.29, 0.717) is 12.2 Å². The molecule has 1 heterocycles. The third kappa shape index (κ3) is 1.88. The van der Waals surface area contributed by atoms with Gasteiger partial charge in [-0.15, -0.1) is 0 Å². The second-order valence-corrected chi connectivity index (χ2v) is 3.40. The second-order valence-electron chi connectivity index (χ2n) is 3.40. The Morgan fingerprint density at radius 3 is 2.92 bits per heavy atom. The molecule has 0 aromatic heterocycles. The van der Waals surface area contributed by atoms with Crippen molar-refractivity contribution in [3.8, 4) is 6.07 Å². The lowest BCUT2D eigenvalue weighted by atomic mass is 10.1. The smallest absolute Gasteiger partial charge is 0.0991 e. The molecule has 1 fully saturated rings. The predicted octanol–water partition coefficient (Wildman–Crippen LogP) is 1.89. The van der Waals surface area contributed by atoms with Gasteiger partial charge in [0.05, 0.1) is 23.8 Å². The van der Waals surface area contributed by atoms with Crippen LogP contribution in [0.2, 0.25) is 0 Å². The first-order valence-electron chi connectivity index (χ1n) is 4.44. The summed E-state index contributed by atoms with van der Waals surface area (Å²) in [4.78, 5) is 0. The van der Waals surface area contributed by atoms with Gasteiger partial charge >= 0.3 is 0 Å². The molecular formula is C11H11NO. The minimum absolute atomic E-state index is 0.369. The Balaban J connectivity index is 2.08. The normalized spacial score (nSPS) is 25.2. The van der Waals surface area contributed by atoms with Crippen LogP contribution in [0.1, 0.15) is 18.1 Å². The first kappa shape index (κ1) is 8.28. The molecule has 2 unspecified atom stereocenters. The van der Waals surface area contributed by atoms with Crippen LogP contribution in [0.15, 0.2) is 24.3 Å². The summed E-state index contributed by atoms with van der Waals surface area (Å²) in [5, 5.41) is 8.68. The van der Waals surface area contributed by atoms with Crippen molar-refractivity contribution < 1.29 is 4.74 Å². The summed E-state index contributed by atoms with van der Waals surface area (Å²) in [6.45, 7) is 2.07. The fourth-order valence-corrected chi connectivity index (χ4v) is 1.44. The van der Waals surface area contributed by atoms with Crippen LogP contribution >= 0.6 is 0 Å². The van der Waals surface area contributed by atoms with Crippen molar-refractivity contribution in [2.24, 2.45) is 0 Å². The van der Waals surface area contributed by atoms with E-state index in [9.17, 15) is 0 Å².